The highest BCUT2D eigenvalue weighted by Gasteiger charge is 2.31. The van der Waals surface area contributed by atoms with Crippen molar-refractivity contribution in [3.05, 3.63) is 50.6 Å². The van der Waals surface area contributed by atoms with Crippen LogP contribution in [0.1, 0.15) is 5.56 Å². The Balaban J connectivity index is 0.000000335. The van der Waals surface area contributed by atoms with Gasteiger partial charge in [-0.05, 0) is 102 Å². The summed E-state index contributed by atoms with van der Waals surface area (Å²) in [5.41, 5.74) is 0.0610. The molecule has 0 radical (unpaired) electrons. The molecule has 0 aliphatic rings. The van der Waals surface area contributed by atoms with Crippen LogP contribution in [0.4, 0.5) is 22.8 Å². The number of nitriles is 1. The summed E-state index contributed by atoms with van der Waals surface area (Å²) in [6.07, 6.45) is -6.41. The molecule has 0 bridgehead atoms. The predicted molar refractivity (Wildman–Crippen MR) is 134 cm³/mol. The molecule has 2 heterocycles. The Bertz CT molecular complexity index is 1130. The van der Waals surface area contributed by atoms with E-state index >= 15 is 0 Å². The minimum Gasteiger partial charge on any atom is -0.443 e. The van der Waals surface area contributed by atoms with Crippen molar-refractivity contribution in [3.63, 3.8) is 0 Å². The van der Waals surface area contributed by atoms with Gasteiger partial charge in [-0.3, -0.25) is 0 Å². The number of rotatable bonds is 3. The molecule has 0 saturated heterocycles. The number of hydrogen-bond acceptors (Lipinski definition) is 5. The minimum atomic E-state index is -4.61. The van der Waals surface area contributed by atoms with E-state index in [0.29, 0.717) is 9.21 Å². The second kappa shape index (κ2) is 13.1. The molecule has 2 rings (SSSR count). The first kappa shape index (κ1) is 30.7. The SMILES string of the molecule is C=C(Cl)COC(=O)n1c(Br)cc(Br)c1Br.N#Cc1c(Br)c(Br)n(C(=O)OCC(F)(F)F)c1Br. The van der Waals surface area contributed by atoms with Gasteiger partial charge in [0.1, 0.15) is 32.0 Å². The van der Waals surface area contributed by atoms with E-state index < -0.39 is 25.0 Å². The fourth-order valence-corrected chi connectivity index (χ4v) is 5.84. The summed E-state index contributed by atoms with van der Waals surface area (Å²) < 4.78 is 49.0. The summed E-state index contributed by atoms with van der Waals surface area (Å²) in [6.45, 7) is 1.69. The number of nitrogens with zero attached hydrogens (tertiary/aromatic N) is 3. The second-order valence-corrected chi connectivity index (χ2v) is 10.6. The van der Waals surface area contributed by atoms with Gasteiger partial charge < -0.3 is 9.47 Å². The van der Waals surface area contributed by atoms with Crippen LogP contribution in [0.25, 0.3) is 0 Å². The molecule has 180 valence electrons. The van der Waals surface area contributed by atoms with Crippen molar-refractivity contribution in [2.24, 2.45) is 0 Å². The Labute approximate surface area is 240 Å². The first-order chi connectivity index (χ1) is 15.1. The topological polar surface area (TPSA) is 86.2 Å². The van der Waals surface area contributed by atoms with Gasteiger partial charge in [0.25, 0.3) is 0 Å². The van der Waals surface area contributed by atoms with Crippen molar-refractivity contribution >= 4 is 119 Å². The van der Waals surface area contributed by atoms with Crippen LogP contribution in [0.2, 0.25) is 0 Å². The lowest BCUT2D eigenvalue weighted by atomic mass is 10.4. The zero-order valence-corrected chi connectivity index (χ0v) is 25.7. The number of halogens is 10. The Morgan fingerprint density at radius 3 is 1.97 bits per heavy atom. The van der Waals surface area contributed by atoms with Gasteiger partial charge in [0.05, 0.1) is 13.5 Å². The monoisotopic (exact) mass is 871 g/mol. The molecular formula is C16H7Br6ClF3N3O4. The van der Waals surface area contributed by atoms with Gasteiger partial charge in [0, 0.05) is 5.03 Å². The lowest BCUT2D eigenvalue weighted by Crippen LogP contribution is -2.23. The molecule has 2 aromatic heterocycles. The maximum atomic E-state index is 11.9. The van der Waals surface area contributed by atoms with Crippen molar-refractivity contribution in [2.75, 3.05) is 13.2 Å². The smallest absolute Gasteiger partial charge is 0.422 e. The van der Waals surface area contributed by atoms with Crippen LogP contribution in [0.3, 0.4) is 0 Å². The third-order valence-electron chi connectivity index (χ3n) is 3.04. The van der Waals surface area contributed by atoms with Crippen molar-refractivity contribution < 1.29 is 32.2 Å². The lowest BCUT2D eigenvalue weighted by molar-refractivity contribution is -0.160. The molecule has 0 amide bonds. The second-order valence-electron chi connectivity index (χ2n) is 5.40. The van der Waals surface area contributed by atoms with E-state index in [9.17, 15) is 22.8 Å². The van der Waals surface area contributed by atoms with E-state index in [1.54, 1.807) is 12.1 Å². The number of hydrogen-bond donors (Lipinski definition) is 0. The molecule has 0 aliphatic carbocycles. The molecule has 0 aliphatic heterocycles. The molecule has 0 fully saturated rings. The largest absolute Gasteiger partial charge is 0.443 e. The average molecular weight is 877 g/mol. The molecule has 0 unspecified atom stereocenters. The van der Waals surface area contributed by atoms with Crippen LogP contribution in [0, 0.1) is 11.3 Å². The highest BCUT2D eigenvalue weighted by Crippen LogP contribution is 2.35. The van der Waals surface area contributed by atoms with E-state index in [0.717, 1.165) is 9.04 Å². The molecule has 7 nitrogen and oxygen atoms in total. The number of aromatic nitrogens is 2. The fraction of sp³-hybridized carbons (Fsp3) is 0.188. The molecule has 0 aromatic carbocycles. The zero-order chi connectivity index (χ0) is 25.7. The Kier molecular flexibility index (Phi) is 12.2. The van der Waals surface area contributed by atoms with E-state index in [4.69, 9.17) is 21.6 Å². The highest BCUT2D eigenvalue weighted by atomic mass is 79.9. The fourth-order valence-electron chi connectivity index (χ4n) is 1.75. The van der Waals surface area contributed by atoms with Crippen LogP contribution in [0.5, 0.6) is 0 Å². The van der Waals surface area contributed by atoms with Crippen molar-refractivity contribution in [3.8, 4) is 6.07 Å². The van der Waals surface area contributed by atoms with Gasteiger partial charge >= 0.3 is 18.4 Å². The first-order valence-corrected chi connectivity index (χ1v) is 12.9. The Morgan fingerprint density at radius 2 is 1.58 bits per heavy atom. The standard InChI is InChI=1S/C8H5Br3ClNO2.C8H2Br3F3N2O2/c1-4(12)3-15-8(14)13-6(10)2-5(9)7(13)11;9-4-3(1-15)5(10)16(6(4)11)7(17)18-2-8(12,13)14/h2H,1,3H2;2H2. The van der Waals surface area contributed by atoms with Gasteiger partial charge in [-0.2, -0.15) is 18.4 Å². The van der Waals surface area contributed by atoms with Gasteiger partial charge in [-0.25, -0.2) is 18.7 Å². The highest BCUT2D eigenvalue weighted by molar-refractivity contribution is 9.13. The molecule has 33 heavy (non-hydrogen) atoms. The quantitative estimate of drug-likeness (QED) is 0.308. The van der Waals surface area contributed by atoms with E-state index in [-0.39, 0.29) is 30.9 Å². The van der Waals surface area contributed by atoms with Crippen LogP contribution in [0.15, 0.2) is 45.0 Å². The molecule has 0 saturated carbocycles. The van der Waals surface area contributed by atoms with Gasteiger partial charge in [0.15, 0.2) is 6.61 Å². The van der Waals surface area contributed by atoms with Crippen LogP contribution in [-0.4, -0.2) is 40.7 Å². The average Bonchev–Trinajstić information content (AvgIpc) is 3.08. The maximum absolute atomic E-state index is 11.9. The van der Waals surface area contributed by atoms with Gasteiger partial charge in [-0.1, -0.05) is 18.2 Å². The zero-order valence-electron chi connectivity index (χ0n) is 15.5. The van der Waals surface area contributed by atoms with Crippen molar-refractivity contribution in [1.29, 1.82) is 5.26 Å². The van der Waals surface area contributed by atoms with Crippen LogP contribution in [-0.2, 0) is 9.47 Å². The molecule has 0 N–H and O–H groups in total. The van der Waals surface area contributed by atoms with Crippen LogP contribution >= 0.6 is 107 Å². The summed E-state index contributed by atoms with van der Waals surface area (Å²) in [4.78, 5) is 23.0. The molecular weight excluding hydrogens is 870 g/mol. The Morgan fingerprint density at radius 1 is 1.03 bits per heavy atom. The molecule has 2 aromatic rings. The lowest BCUT2D eigenvalue weighted by Gasteiger charge is -2.09. The molecule has 0 atom stereocenters. The number of carbonyl (C=O) groups excluding carboxylic acids is 2. The number of ether oxygens (including phenoxy) is 2. The summed E-state index contributed by atoms with van der Waals surface area (Å²) in [5.74, 6) is 0. The van der Waals surface area contributed by atoms with Crippen molar-refractivity contribution in [1.82, 2.24) is 9.13 Å². The van der Waals surface area contributed by atoms with Gasteiger partial charge in [-0.15, -0.1) is 0 Å². The van der Waals surface area contributed by atoms with E-state index in [1.165, 1.54) is 4.57 Å². The molecule has 17 heteroatoms. The first-order valence-electron chi connectivity index (χ1n) is 7.74. The van der Waals surface area contributed by atoms with E-state index in [1.807, 2.05) is 0 Å². The number of alkyl halides is 3. The summed E-state index contributed by atoms with van der Waals surface area (Å²) >= 11 is 24.1. The third kappa shape index (κ3) is 8.69. The maximum Gasteiger partial charge on any atom is 0.422 e. The molecule has 0 spiro atoms. The minimum absolute atomic E-state index is 0.00377. The summed E-state index contributed by atoms with van der Waals surface area (Å²) in [5, 5.41) is 9.07. The summed E-state index contributed by atoms with van der Waals surface area (Å²) in [7, 11) is 0. The third-order valence-corrected chi connectivity index (χ3v) is 8.46. The normalized spacial score (nSPS) is 10.7. The van der Waals surface area contributed by atoms with Gasteiger partial charge in [0.2, 0.25) is 0 Å². The number of carbonyl (C=O) groups is 2. The van der Waals surface area contributed by atoms with Crippen molar-refractivity contribution in [2.45, 2.75) is 6.18 Å². The van der Waals surface area contributed by atoms with Crippen LogP contribution < -0.4 is 0 Å². The Hall–Kier alpha value is -0.310. The predicted octanol–water partition coefficient (Wildman–Crippen LogP) is 8.71. The summed E-state index contributed by atoms with van der Waals surface area (Å²) in [6, 6.07) is 3.50. The van der Waals surface area contributed by atoms with E-state index in [2.05, 4.69) is 107 Å².